The second kappa shape index (κ2) is 4.50. The lowest BCUT2D eigenvalue weighted by Crippen LogP contribution is -2.22. The van der Waals surface area contributed by atoms with Gasteiger partial charge in [0.2, 0.25) is 0 Å². The molecule has 0 aromatic heterocycles. The van der Waals surface area contributed by atoms with Crippen molar-refractivity contribution in [1.29, 1.82) is 0 Å². The maximum Gasteiger partial charge on any atom is 0.126 e. The van der Waals surface area contributed by atoms with E-state index < -0.39 is 18.8 Å². The molecule has 4 heteroatoms. The van der Waals surface area contributed by atoms with Gasteiger partial charge in [-0.05, 0) is 24.1 Å². The van der Waals surface area contributed by atoms with Crippen molar-refractivity contribution in [2.45, 2.75) is 19.1 Å². The minimum Gasteiger partial charge on any atom is -0.394 e. The Bertz CT molecular complexity index is 314. The number of aliphatic hydroxyl groups excluding tert-OH is 3. The molecule has 0 amide bonds. The first-order chi connectivity index (χ1) is 6.56. The van der Waals surface area contributed by atoms with Crippen molar-refractivity contribution in [3.63, 3.8) is 0 Å². The van der Waals surface area contributed by atoms with Crippen molar-refractivity contribution in [2.24, 2.45) is 0 Å². The summed E-state index contributed by atoms with van der Waals surface area (Å²) in [5.74, 6) is -0.362. The Hall–Kier alpha value is -0.970. The van der Waals surface area contributed by atoms with E-state index in [2.05, 4.69) is 0 Å². The lowest BCUT2D eigenvalue weighted by molar-refractivity contribution is -0.0153. The molecule has 3 nitrogen and oxygen atoms in total. The molecule has 0 heterocycles. The summed E-state index contributed by atoms with van der Waals surface area (Å²) in [7, 11) is 0. The van der Waals surface area contributed by atoms with E-state index in [1.54, 1.807) is 6.92 Å². The van der Waals surface area contributed by atoms with Crippen LogP contribution in [0.2, 0.25) is 0 Å². The number of benzene rings is 1. The number of rotatable bonds is 3. The first-order valence-electron chi connectivity index (χ1n) is 4.29. The van der Waals surface area contributed by atoms with Gasteiger partial charge in [0.15, 0.2) is 0 Å². The van der Waals surface area contributed by atoms with Crippen LogP contribution in [-0.2, 0) is 0 Å². The molecule has 0 aliphatic heterocycles. The predicted octanol–water partition coefficient (Wildman–Crippen LogP) is 0.521. The van der Waals surface area contributed by atoms with Gasteiger partial charge < -0.3 is 15.3 Å². The number of aliphatic hydroxyl groups is 3. The minimum atomic E-state index is -1.24. The average molecular weight is 200 g/mol. The van der Waals surface area contributed by atoms with Crippen molar-refractivity contribution in [1.82, 2.24) is 0 Å². The zero-order valence-corrected chi connectivity index (χ0v) is 7.81. The summed E-state index contributed by atoms with van der Waals surface area (Å²) in [6.07, 6.45) is -2.42. The molecular weight excluding hydrogens is 187 g/mol. The molecule has 2 atom stereocenters. The fraction of sp³-hybridized carbons (Fsp3) is 0.400. The second-order valence-electron chi connectivity index (χ2n) is 3.20. The van der Waals surface area contributed by atoms with Gasteiger partial charge in [0, 0.05) is 0 Å². The Morgan fingerprint density at radius 2 is 2.00 bits per heavy atom. The van der Waals surface area contributed by atoms with Crippen molar-refractivity contribution in [2.75, 3.05) is 6.61 Å². The van der Waals surface area contributed by atoms with Crippen LogP contribution in [0.25, 0.3) is 0 Å². The molecule has 0 aliphatic carbocycles. The van der Waals surface area contributed by atoms with Crippen molar-refractivity contribution >= 4 is 0 Å². The van der Waals surface area contributed by atoms with E-state index in [0.717, 1.165) is 0 Å². The molecule has 0 saturated heterocycles. The second-order valence-corrected chi connectivity index (χ2v) is 3.20. The molecule has 2 unspecified atom stereocenters. The quantitative estimate of drug-likeness (QED) is 0.666. The summed E-state index contributed by atoms with van der Waals surface area (Å²) in [6.45, 7) is 1.04. The Morgan fingerprint density at radius 1 is 1.36 bits per heavy atom. The molecule has 1 rings (SSSR count). The molecular formula is C10H13FO3. The van der Waals surface area contributed by atoms with Gasteiger partial charge in [-0.25, -0.2) is 4.39 Å². The Labute approximate surface area is 81.4 Å². The van der Waals surface area contributed by atoms with E-state index in [1.165, 1.54) is 18.2 Å². The lowest BCUT2D eigenvalue weighted by atomic mass is 10.0. The molecule has 0 bridgehead atoms. The van der Waals surface area contributed by atoms with E-state index in [4.69, 9.17) is 10.2 Å². The van der Waals surface area contributed by atoms with Gasteiger partial charge in [0.1, 0.15) is 18.0 Å². The predicted molar refractivity (Wildman–Crippen MR) is 49.2 cm³/mol. The molecule has 0 aliphatic rings. The lowest BCUT2D eigenvalue weighted by Gasteiger charge is -2.16. The number of hydrogen-bond donors (Lipinski definition) is 3. The van der Waals surface area contributed by atoms with Gasteiger partial charge in [-0.1, -0.05) is 12.1 Å². The van der Waals surface area contributed by atoms with E-state index in [1.807, 2.05) is 0 Å². The molecule has 0 fully saturated rings. The standard InChI is InChI=1S/C10H13FO3/c1-6-4-7(2-3-8(6)11)10(14)9(13)5-12/h2-4,9-10,12-14H,5H2,1H3. The van der Waals surface area contributed by atoms with Crippen LogP contribution in [0.4, 0.5) is 4.39 Å². The van der Waals surface area contributed by atoms with Crippen LogP contribution < -0.4 is 0 Å². The SMILES string of the molecule is Cc1cc(C(O)C(O)CO)ccc1F. The highest BCUT2D eigenvalue weighted by atomic mass is 19.1. The third kappa shape index (κ3) is 2.29. The largest absolute Gasteiger partial charge is 0.394 e. The van der Waals surface area contributed by atoms with E-state index in [-0.39, 0.29) is 5.82 Å². The third-order valence-corrected chi connectivity index (χ3v) is 2.08. The highest BCUT2D eigenvalue weighted by molar-refractivity contribution is 5.26. The zero-order valence-electron chi connectivity index (χ0n) is 7.81. The van der Waals surface area contributed by atoms with Crippen molar-refractivity contribution in [3.8, 4) is 0 Å². The first kappa shape index (κ1) is 11.1. The summed E-state index contributed by atoms with van der Waals surface area (Å²) in [5.41, 5.74) is 0.789. The molecule has 14 heavy (non-hydrogen) atoms. The van der Waals surface area contributed by atoms with E-state index in [0.29, 0.717) is 11.1 Å². The number of halogens is 1. The minimum absolute atomic E-state index is 0.362. The molecule has 1 aromatic carbocycles. The Morgan fingerprint density at radius 3 is 2.50 bits per heavy atom. The fourth-order valence-electron chi connectivity index (χ4n) is 1.17. The van der Waals surface area contributed by atoms with Gasteiger partial charge in [0.25, 0.3) is 0 Å². The van der Waals surface area contributed by atoms with Crippen molar-refractivity contribution < 1.29 is 19.7 Å². The fourth-order valence-corrected chi connectivity index (χ4v) is 1.17. The maximum atomic E-state index is 12.9. The first-order valence-corrected chi connectivity index (χ1v) is 4.29. The summed E-state index contributed by atoms with van der Waals surface area (Å²) < 4.78 is 12.9. The number of aryl methyl sites for hydroxylation is 1. The van der Waals surface area contributed by atoms with Gasteiger partial charge in [-0.3, -0.25) is 0 Å². The third-order valence-electron chi connectivity index (χ3n) is 2.08. The van der Waals surface area contributed by atoms with Crippen LogP contribution in [0.3, 0.4) is 0 Å². The van der Waals surface area contributed by atoms with E-state index >= 15 is 0 Å². The van der Waals surface area contributed by atoms with Crippen LogP contribution >= 0.6 is 0 Å². The summed E-state index contributed by atoms with van der Waals surface area (Å²) in [6, 6.07) is 4.04. The molecule has 0 radical (unpaired) electrons. The smallest absolute Gasteiger partial charge is 0.126 e. The topological polar surface area (TPSA) is 60.7 Å². The van der Waals surface area contributed by atoms with Gasteiger partial charge >= 0.3 is 0 Å². The van der Waals surface area contributed by atoms with Crippen LogP contribution in [0.5, 0.6) is 0 Å². The average Bonchev–Trinajstić information content (AvgIpc) is 2.20. The van der Waals surface area contributed by atoms with Crippen LogP contribution in [0, 0.1) is 12.7 Å². The normalized spacial score (nSPS) is 15.2. The van der Waals surface area contributed by atoms with Gasteiger partial charge in [-0.2, -0.15) is 0 Å². The highest BCUT2D eigenvalue weighted by Gasteiger charge is 2.17. The number of hydrogen-bond acceptors (Lipinski definition) is 3. The molecule has 78 valence electrons. The van der Waals surface area contributed by atoms with Crippen LogP contribution in [-0.4, -0.2) is 28.0 Å². The van der Waals surface area contributed by atoms with Crippen LogP contribution in [0.15, 0.2) is 18.2 Å². The van der Waals surface area contributed by atoms with Gasteiger partial charge in [0.05, 0.1) is 6.61 Å². The van der Waals surface area contributed by atoms with Gasteiger partial charge in [-0.15, -0.1) is 0 Å². The monoisotopic (exact) mass is 200 g/mol. The van der Waals surface area contributed by atoms with Crippen LogP contribution in [0.1, 0.15) is 17.2 Å². The Balaban J connectivity index is 2.91. The Kier molecular flexibility index (Phi) is 3.57. The molecule has 1 aromatic rings. The molecule has 3 N–H and O–H groups in total. The highest BCUT2D eigenvalue weighted by Crippen LogP contribution is 2.19. The molecule has 0 saturated carbocycles. The zero-order chi connectivity index (χ0) is 10.7. The van der Waals surface area contributed by atoms with Crippen molar-refractivity contribution in [3.05, 3.63) is 35.1 Å². The maximum absolute atomic E-state index is 12.9. The summed E-state index contributed by atoms with van der Waals surface area (Å²) >= 11 is 0. The molecule has 0 spiro atoms. The summed E-state index contributed by atoms with van der Waals surface area (Å²) in [4.78, 5) is 0. The summed E-state index contributed by atoms with van der Waals surface area (Å²) in [5, 5.41) is 27.2. The van der Waals surface area contributed by atoms with E-state index in [9.17, 15) is 9.50 Å².